The molecule has 0 bridgehead atoms. The van der Waals surface area contributed by atoms with Crippen LogP contribution in [-0.2, 0) is 25.9 Å². The second kappa shape index (κ2) is 22.9. The number of carbonyl (C=O) groups excluding carboxylic acids is 1. The van der Waals surface area contributed by atoms with Crippen molar-refractivity contribution in [1.82, 2.24) is 0 Å². The normalized spacial score (nSPS) is 8.86. The number of carbonyl (C=O) groups is 1. The number of nitrogens with two attached hydrogens (primary N) is 1. The van der Waals surface area contributed by atoms with E-state index in [1.54, 1.807) is 26.0 Å². The van der Waals surface area contributed by atoms with Gasteiger partial charge in [0.05, 0.1) is 0 Å². The molecule has 0 aromatic rings. The molecule has 0 atom stereocenters. The van der Waals surface area contributed by atoms with Crippen molar-refractivity contribution in [3.8, 4) is 0 Å². The average Bonchev–Trinajstić information content (AvgIpc) is 2.20. The molecular formula is C11H22NOW-. The van der Waals surface area contributed by atoms with Gasteiger partial charge in [-0.05, 0) is 0 Å². The van der Waals surface area contributed by atoms with Crippen LogP contribution in [0.4, 0.5) is 0 Å². The largest absolute Gasteiger partial charge is 0.418 e. The van der Waals surface area contributed by atoms with Gasteiger partial charge in [0.25, 0.3) is 0 Å². The summed E-state index contributed by atoms with van der Waals surface area (Å²) in [4.78, 5) is 10.4. The fraction of sp³-hybridized carbons (Fsp3) is 0.545. The van der Waals surface area contributed by atoms with Gasteiger partial charge < -0.3 is 10.5 Å². The molecule has 0 saturated heterocycles. The summed E-state index contributed by atoms with van der Waals surface area (Å²) in [6.45, 7) is 11.5. The van der Waals surface area contributed by atoms with Crippen molar-refractivity contribution in [3.05, 3.63) is 23.8 Å². The zero-order chi connectivity index (χ0) is 11.3. The third-order valence-electron chi connectivity index (χ3n) is 0.854. The predicted octanol–water partition coefficient (Wildman–Crippen LogP) is 2.85. The van der Waals surface area contributed by atoms with E-state index < -0.39 is 5.91 Å². The number of primary amides is 1. The summed E-state index contributed by atoms with van der Waals surface area (Å²) >= 11 is 0. The summed E-state index contributed by atoms with van der Waals surface area (Å²) in [5.74, 6) is -0.435. The first-order valence-electron chi connectivity index (χ1n) is 4.72. The van der Waals surface area contributed by atoms with Gasteiger partial charge in [0, 0.05) is 21.1 Å². The zero-order valence-corrected chi connectivity index (χ0v) is 13.0. The molecule has 2 N–H and O–H groups in total. The third-order valence-corrected chi connectivity index (χ3v) is 0.854. The summed E-state index contributed by atoms with van der Waals surface area (Å²) in [7, 11) is 0. The van der Waals surface area contributed by atoms with Gasteiger partial charge in [-0.25, -0.2) is 0 Å². The van der Waals surface area contributed by atoms with Crippen LogP contribution in [0.25, 0.3) is 0 Å². The van der Waals surface area contributed by atoms with E-state index in [1.165, 1.54) is 0 Å². The van der Waals surface area contributed by atoms with E-state index in [2.05, 4.69) is 6.08 Å². The molecule has 0 rings (SSSR count). The summed E-state index contributed by atoms with van der Waals surface area (Å²) in [6.07, 6.45) is 5.97. The minimum atomic E-state index is -0.435. The van der Waals surface area contributed by atoms with Gasteiger partial charge >= 0.3 is 0 Å². The SMILES string of the molecule is CC.CC.CC=[C-]/C(=C\C)C(N)=O.[W]. The minimum Gasteiger partial charge on any atom is -0.418 e. The van der Waals surface area contributed by atoms with Crippen LogP contribution in [0.15, 0.2) is 17.7 Å². The molecule has 0 aliphatic carbocycles. The summed E-state index contributed by atoms with van der Waals surface area (Å²) in [5, 5.41) is 0. The van der Waals surface area contributed by atoms with Crippen molar-refractivity contribution in [2.24, 2.45) is 5.73 Å². The van der Waals surface area contributed by atoms with Gasteiger partial charge in [0.2, 0.25) is 0 Å². The second-order valence-corrected chi connectivity index (χ2v) is 1.50. The van der Waals surface area contributed by atoms with Crippen LogP contribution in [0.3, 0.4) is 0 Å². The number of allylic oxidation sites excluding steroid dienone is 2. The molecular weight excluding hydrogens is 346 g/mol. The molecule has 14 heavy (non-hydrogen) atoms. The summed E-state index contributed by atoms with van der Waals surface area (Å²) < 4.78 is 0. The smallest absolute Gasteiger partial charge is 0.132 e. The van der Waals surface area contributed by atoms with Crippen molar-refractivity contribution in [2.75, 3.05) is 0 Å². The Labute approximate surface area is 103 Å². The van der Waals surface area contributed by atoms with Crippen molar-refractivity contribution in [2.45, 2.75) is 41.5 Å². The second-order valence-electron chi connectivity index (χ2n) is 1.50. The van der Waals surface area contributed by atoms with E-state index in [0.717, 1.165) is 0 Å². The fourth-order valence-electron chi connectivity index (χ4n) is 0.452. The Morgan fingerprint density at radius 2 is 1.50 bits per heavy atom. The monoisotopic (exact) mass is 368 g/mol. The van der Waals surface area contributed by atoms with Crippen LogP contribution in [0.2, 0.25) is 0 Å². The van der Waals surface area contributed by atoms with Crippen LogP contribution >= 0.6 is 0 Å². The molecule has 1 amide bonds. The predicted molar refractivity (Wildman–Crippen MR) is 59.1 cm³/mol. The van der Waals surface area contributed by atoms with Gasteiger partial charge in [-0.3, -0.25) is 0 Å². The number of hydrogen-bond acceptors (Lipinski definition) is 1. The average molecular weight is 368 g/mol. The van der Waals surface area contributed by atoms with Gasteiger partial charge in [-0.15, -0.1) is 11.6 Å². The van der Waals surface area contributed by atoms with Crippen molar-refractivity contribution < 1.29 is 25.9 Å². The topological polar surface area (TPSA) is 43.1 Å². The maximum atomic E-state index is 10.4. The summed E-state index contributed by atoms with van der Waals surface area (Å²) in [6, 6.07) is 0. The van der Waals surface area contributed by atoms with Crippen LogP contribution in [0.5, 0.6) is 0 Å². The van der Waals surface area contributed by atoms with E-state index in [1.807, 2.05) is 27.7 Å². The molecule has 0 spiro atoms. The standard InChI is InChI=1S/C7H10NO.2C2H6.W/c1-3-5-6(4-2)7(8)9;2*1-2;/h3-4H,1-2H3,(H2,8,9);2*1-2H3;/q-1;;;/b6-4+;;;. The Balaban J connectivity index is -0.0000000883. The molecule has 0 saturated carbocycles. The van der Waals surface area contributed by atoms with Crippen LogP contribution in [-0.4, -0.2) is 5.91 Å². The van der Waals surface area contributed by atoms with Crippen molar-refractivity contribution >= 4 is 5.91 Å². The van der Waals surface area contributed by atoms with E-state index in [-0.39, 0.29) is 21.1 Å². The number of hydrogen-bond donors (Lipinski definition) is 1. The molecule has 3 heteroatoms. The first-order chi connectivity index (χ1) is 6.22. The van der Waals surface area contributed by atoms with Crippen LogP contribution in [0.1, 0.15) is 41.5 Å². The number of rotatable bonds is 2. The Kier molecular flexibility index (Phi) is 38.4. The van der Waals surface area contributed by atoms with Crippen LogP contribution < -0.4 is 5.73 Å². The molecule has 0 aliphatic rings. The van der Waals surface area contributed by atoms with Gasteiger partial charge in [-0.1, -0.05) is 41.5 Å². The number of amides is 1. The van der Waals surface area contributed by atoms with Gasteiger partial charge in [0.15, 0.2) is 0 Å². The zero-order valence-electron chi connectivity index (χ0n) is 10.0. The molecule has 0 unspecified atom stereocenters. The first kappa shape index (κ1) is 23.4. The first-order valence-corrected chi connectivity index (χ1v) is 4.72. The Morgan fingerprint density at radius 1 is 1.14 bits per heavy atom. The van der Waals surface area contributed by atoms with E-state index in [4.69, 9.17) is 5.73 Å². The molecule has 2 nitrogen and oxygen atoms in total. The maximum absolute atomic E-state index is 10.4. The molecule has 0 heterocycles. The minimum absolute atomic E-state index is 0. The Bertz CT molecular complexity index is 163. The van der Waals surface area contributed by atoms with Gasteiger partial charge in [0.1, 0.15) is 5.91 Å². The molecule has 0 fully saturated rings. The molecule has 0 radical (unpaired) electrons. The van der Waals surface area contributed by atoms with E-state index in [0.29, 0.717) is 5.57 Å². The Hall–Kier alpha value is -0.362. The third kappa shape index (κ3) is 17.7. The maximum Gasteiger partial charge on any atom is 0.132 e. The molecule has 84 valence electrons. The molecule has 0 aromatic carbocycles. The fourth-order valence-corrected chi connectivity index (χ4v) is 0.452. The molecule has 0 aliphatic heterocycles. The summed E-state index contributed by atoms with van der Waals surface area (Å²) in [5.41, 5.74) is 5.37. The molecule has 0 aromatic heterocycles. The van der Waals surface area contributed by atoms with Crippen LogP contribution in [0, 0.1) is 6.08 Å². The van der Waals surface area contributed by atoms with Crippen molar-refractivity contribution in [1.29, 1.82) is 0 Å². The van der Waals surface area contributed by atoms with E-state index >= 15 is 0 Å². The Morgan fingerprint density at radius 3 is 1.57 bits per heavy atom. The van der Waals surface area contributed by atoms with Crippen molar-refractivity contribution in [3.63, 3.8) is 0 Å². The van der Waals surface area contributed by atoms with Gasteiger partial charge in [-0.2, -0.15) is 12.2 Å². The van der Waals surface area contributed by atoms with E-state index in [9.17, 15) is 4.79 Å². The quantitative estimate of drug-likeness (QED) is 0.455.